The number of aryl methyl sites for hydroxylation is 1. The summed E-state index contributed by atoms with van der Waals surface area (Å²) in [4.78, 5) is 16.9. The molecule has 0 fully saturated rings. The van der Waals surface area contributed by atoms with Crippen LogP contribution >= 0.6 is 11.3 Å². The molecule has 2 rings (SSSR count). The molecule has 0 saturated carbocycles. The third kappa shape index (κ3) is 3.89. The highest BCUT2D eigenvalue weighted by Crippen LogP contribution is 2.21. The quantitative estimate of drug-likeness (QED) is 0.882. The summed E-state index contributed by atoms with van der Waals surface area (Å²) in [5, 5.41) is 8.78. The van der Waals surface area contributed by atoms with Crippen molar-refractivity contribution in [3.8, 4) is 10.7 Å². The molecular weight excluding hydrogens is 262 g/mol. The minimum Gasteiger partial charge on any atom is -0.354 e. The van der Waals surface area contributed by atoms with E-state index in [1.54, 1.807) is 11.3 Å². The fourth-order valence-corrected chi connectivity index (χ4v) is 2.18. The molecule has 0 saturated heterocycles. The lowest BCUT2D eigenvalue weighted by atomic mass is 10.2. The summed E-state index contributed by atoms with van der Waals surface area (Å²) in [5.74, 6) is 1.11. The van der Waals surface area contributed by atoms with Crippen molar-refractivity contribution in [2.75, 3.05) is 0 Å². The van der Waals surface area contributed by atoms with E-state index in [1.165, 1.54) is 0 Å². The van der Waals surface area contributed by atoms with E-state index in [4.69, 9.17) is 4.52 Å². The van der Waals surface area contributed by atoms with Crippen molar-refractivity contribution in [1.82, 2.24) is 15.5 Å². The van der Waals surface area contributed by atoms with Gasteiger partial charge in [0.1, 0.15) is 0 Å². The second-order valence-electron chi connectivity index (χ2n) is 4.37. The van der Waals surface area contributed by atoms with Gasteiger partial charge in [-0.3, -0.25) is 4.79 Å². The number of aromatic nitrogens is 2. The predicted molar refractivity (Wildman–Crippen MR) is 73.8 cm³/mol. The first kappa shape index (κ1) is 13.7. The third-order valence-corrected chi connectivity index (χ3v) is 3.66. The molecule has 2 heterocycles. The average Bonchev–Trinajstić information content (AvgIpc) is 3.06. The van der Waals surface area contributed by atoms with E-state index in [9.17, 15) is 4.79 Å². The fourth-order valence-electron chi connectivity index (χ4n) is 1.53. The summed E-state index contributed by atoms with van der Waals surface area (Å²) < 4.78 is 5.14. The van der Waals surface area contributed by atoms with Gasteiger partial charge in [-0.05, 0) is 24.8 Å². The summed E-state index contributed by atoms with van der Waals surface area (Å²) in [6, 6.07) is 4.08. The molecule has 0 aliphatic carbocycles. The fraction of sp³-hybridized carbons (Fsp3) is 0.462. The van der Waals surface area contributed by atoms with Crippen LogP contribution in [0.25, 0.3) is 10.7 Å². The van der Waals surface area contributed by atoms with Crippen molar-refractivity contribution in [2.45, 2.75) is 39.2 Å². The minimum absolute atomic E-state index is 0.0187. The summed E-state index contributed by atoms with van der Waals surface area (Å²) in [7, 11) is 0. The van der Waals surface area contributed by atoms with Crippen molar-refractivity contribution in [2.24, 2.45) is 0 Å². The Labute approximate surface area is 116 Å². The maximum Gasteiger partial charge on any atom is 0.227 e. The number of thiophene rings is 1. The Morgan fingerprint density at radius 3 is 3.11 bits per heavy atom. The first-order valence-electron chi connectivity index (χ1n) is 6.35. The molecule has 1 N–H and O–H groups in total. The maximum absolute atomic E-state index is 11.6. The van der Waals surface area contributed by atoms with Crippen LogP contribution in [-0.4, -0.2) is 22.1 Å². The summed E-state index contributed by atoms with van der Waals surface area (Å²) >= 11 is 1.56. The Morgan fingerprint density at radius 2 is 2.42 bits per heavy atom. The van der Waals surface area contributed by atoms with E-state index >= 15 is 0 Å². The highest BCUT2D eigenvalue weighted by atomic mass is 32.1. The molecule has 1 atom stereocenters. The van der Waals surface area contributed by atoms with Crippen molar-refractivity contribution >= 4 is 17.2 Å². The lowest BCUT2D eigenvalue weighted by Crippen LogP contribution is -2.32. The molecule has 0 aromatic carbocycles. The van der Waals surface area contributed by atoms with Crippen LogP contribution in [0.5, 0.6) is 0 Å². The van der Waals surface area contributed by atoms with E-state index in [-0.39, 0.29) is 11.9 Å². The van der Waals surface area contributed by atoms with Gasteiger partial charge in [0.15, 0.2) is 0 Å². The Bertz CT molecular complexity index is 522. The molecule has 1 amide bonds. The topological polar surface area (TPSA) is 68.0 Å². The molecule has 0 spiro atoms. The molecule has 19 heavy (non-hydrogen) atoms. The Balaban J connectivity index is 1.85. The number of nitrogens with zero attached hydrogens (tertiary/aromatic N) is 2. The van der Waals surface area contributed by atoms with Crippen molar-refractivity contribution < 1.29 is 9.32 Å². The smallest absolute Gasteiger partial charge is 0.227 e. The second-order valence-corrected chi connectivity index (χ2v) is 5.31. The van der Waals surface area contributed by atoms with Gasteiger partial charge >= 0.3 is 0 Å². The summed E-state index contributed by atoms with van der Waals surface area (Å²) in [5.41, 5.74) is 0. The van der Waals surface area contributed by atoms with Gasteiger partial charge in [0, 0.05) is 18.9 Å². The van der Waals surface area contributed by atoms with Crippen molar-refractivity contribution in [3.05, 3.63) is 23.4 Å². The van der Waals surface area contributed by atoms with Crippen molar-refractivity contribution in [3.63, 3.8) is 0 Å². The molecule has 5 nitrogen and oxygen atoms in total. The van der Waals surface area contributed by atoms with E-state index < -0.39 is 0 Å². The molecule has 2 aromatic rings. The molecule has 0 radical (unpaired) electrons. The summed E-state index contributed by atoms with van der Waals surface area (Å²) in [6.07, 6.45) is 1.77. The van der Waals surface area contributed by atoms with Gasteiger partial charge in [0.25, 0.3) is 0 Å². The van der Waals surface area contributed by atoms with Crippen molar-refractivity contribution in [1.29, 1.82) is 0 Å². The monoisotopic (exact) mass is 279 g/mol. The normalized spacial score (nSPS) is 12.3. The maximum atomic E-state index is 11.6. The van der Waals surface area contributed by atoms with Crippen LogP contribution < -0.4 is 5.32 Å². The number of nitrogens with one attached hydrogen (secondary N) is 1. The number of hydrogen-bond acceptors (Lipinski definition) is 5. The predicted octanol–water partition coefficient (Wildman–Crippen LogP) is 2.65. The standard InChI is InChI=1S/C13H17N3O2S/c1-3-9(2)14-11(17)6-7-12-15-13(16-18-12)10-5-4-8-19-10/h4-5,8-9H,3,6-7H2,1-2H3,(H,14,17). The van der Waals surface area contributed by atoms with Gasteiger partial charge in [0.05, 0.1) is 4.88 Å². The van der Waals surface area contributed by atoms with E-state index in [0.717, 1.165) is 11.3 Å². The molecule has 6 heteroatoms. The van der Waals surface area contributed by atoms with Gasteiger partial charge < -0.3 is 9.84 Å². The molecule has 2 aromatic heterocycles. The lowest BCUT2D eigenvalue weighted by Gasteiger charge is -2.10. The number of carbonyl (C=O) groups excluding carboxylic acids is 1. The summed E-state index contributed by atoms with van der Waals surface area (Å²) in [6.45, 7) is 4.02. The van der Waals surface area contributed by atoms with Crippen LogP contribution in [0.1, 0.15) is 32.6 Å². The molecule has 0 bridgehead atoms. The van der Waals surface area contributed by atoms with Crippen LogP contribution in [0, 0.1) is 0 Å². The largest absolute Gasteiger partial charge is 0.354 e. The molecule has 0 aliphatic rings. The number of amides is 1. The lowest BCUT2D eigenvalue weighted by molar-refractivity contribution is -0.121. The number of carbonyl (C=O) groups is 1. The molecule has 102 valence electrons. The van der Waals surface area contributed by atoms with Gasteiger partial charge in [-0.25, -0.2) is 0 Å². The van der Waals surface area contributed by atoms with E-state index in [0.29, 0.717) is 24.6 Å². The highest BCUT2D eigenvalue weighted by Gasteiger charge is 2.11. The van der Waals surface area contributed by atoms with Gasteiger partial charge in [0.2, 0.25) is 17.6 Å². The van der Waals surface area contributed by atoms with Crippen LogP contribution in [0.4, 0.5) is 0 Å². The Kier molecular flexibility index (Phi) is 4.68. The van der Waals surface area contributed by atoms with Crippen LogP contribution in [0.15, 0.2) is 22.0 Å². The minimum atomic E-state index is 0.0187. The van der Waals surface area contributed by atoms with Gasteiger partial charge in [-0.1, -0.05) is 18.1 Å². The van der Waals surface area contributed by atoms with Crippen LogP contribution in [0.2, 0.25) is 0 Å². The van der Waals surface area contributed by atoms with Gasteiger partial charge in [-0.2, -0.15) is 4.98 Å². The average molecular weight is 279 g/mol. The zero-order valence-electron chi connectivity index (χ0n) is 11.0. The number of rotatable bonds is 6. The first-order chi connectivity index (χ1) is 9.19. The second kappa shape index (κ2) is 6.47. The zero-order valence-corrected chi connectivity index (χ0v) is 11.9. The van der Waals surface area contributed by atoms with E-state index in [2.05, 4.69) is 15.5 Å². The highest BCUT2D eigenvalue weighted by molar-refractivity contribution is 7.13. The third-order valence-electron chi connectivity index (χ3n) is 2.80. The van der Waals surface area contributed by atoms with Crippen LogP contribution in [-0.2, 0) is 11.2 Å². The number of hydrogen-bond donors (Lipinski definition) is 1. The Hall–Kier alpha value is -1.69. The SMILES string of the molecule is CCC(C)NC(=O)CCc1nc(-c2cccs2)no1. The van der Waals surface area contributed by atoms with Gasteiger partial charge in [-0.15, -0.1) is 11.3 Å². The Morgan fingerprint density at radius 1 is 1.58 bits per heavy atom. The molecule has 0 aliphatic heterocycles. The molecule has 1 unspecified atom stereocenters. The molecular formula is C13H17N3O2S. The van der Waals surface area contributed by atoms with Crippen LogP contribution in [0.3, 0.4) is 0 Å². The van der Waals surface area contributed by atoms with E-state index in [1.807, 2.05) is 31.4 Å². The zero-order chi connectivity index (χ0) is 13.7. The first-order valence-corrected chi connectivity index (χ1v) is 7.22.